The smallest absolute Gasteiger partial charge is 0.579 e. The second-order valence-electron chi connectivity index (χ2n) is 25.7. The molecule has 15 rings (SSSR count). The van der Waals surface area contributed by atoms with Gasteiger partial charge in [-0.15, -0.1) is 17.1 Å². The maximum atomic E-state index is 4.23. The summed E-state index contributed by atoms with van der Waals surface area (Å²) < 4.78 is 0. The van der Waals surface area contributed by atoms with Gasteiger partial charge < -0.3 is 30.6 Å². The van der Waals surface area contributed by atoms with Gasteiger partial charge in [0.2, 0.25) is 0 Å². The molecular formula is C96H81Au3N6. The Kier molecular flexibility index (Phi) is 27.9. The standard InChI is InChI=1S/3C32H27N2.3Au/c3*1-23-30(24(2)34-33-23)22-25-18-20-29(21-19-25)32(28-16-10-5-11-17-28)31(26-12-6-3-7-13-26)27-14-8-4-9-15-27;;;/h3*3-21H,22H2,1-2H3;;;/q3*-1;3*+1. The van der Waals surface area contributed by atoms with Gasteiger partial charge in [-0.1, -0.05) is 367 Å². The molecule has 15 aromatic rings. The van der Waals surface area contributed by atoms with Crippen molar-refractivity contribution in [2.75, 3.05) is 0 Å². The third kappa shape index (κ3) is 19.2. The van der Waals surface area contributed by atoms with Crippen molar-refractivity contribution in [2.24, 2.45) is 0 Å². The summed E-state index contributed by atoms with van der Waals surface area (Å²) in [7, 11) is 0. The molecule has 528 valence electrons. The number of benzene rings is 12. The summed E-state index contributed by atoms with van der Waals surface area (Å²) in [6.45, 7) is 12.2. The number of hydrogen-bond acceptors (Lipinski definition) is 3. The first-order valence-electron chi connectivity index (χ1n) is 35.0. The van der Waals surface area contributed by atoms with Crippen molar-refractivity contribution >= 4 is 33.4 Å². The Labute approximate surface area is 666 Å². The Morgan fingerprint density at radius 3 is 0.448 bits per heavy atom. The number of hydrogen-bond donors (Lipinski definition) is 0. The van der Waals surface area contributed by atoms with Crippen LogP contribution in [0.15, 0.2) is 346 Å². The molecule has 0 radical (unpaired) electrons. The van der Waals surface area contributed by atoms with E-state index in [9.17, 15) is 0 Å². The summed E-state index contributed by atoms with van der Waals surface area (Å²) in [6, 6.07) is 123. The van der Waals surface area contributed by atoms with Crippen LogP contribution in [0.4, 0.5) is 0 Å². The van der Waals surface area contributed by atoms with Gasteiger partial charge in [-0.25, -0.2) is 0 Å². The number of rotatable bonds is 18. The Bertz CT molecular complexity index is 4550. The third-order valence-electron chi connectivity index (χ3n) is 18.9. The molecule has 9 heteroatoms. The molecule has 0 bridgehead atoms. The van der Waals surface area contributed by atoms with Crippen molar-refractivity contribution in [3.63, 3.8) is 0 Å². The molecule has 0 fully saturated rings. The average molecular weight is 1910 g/mol. The van der Waals surface area contributed by atoms with Crippen LogP contribution >= 0.6 is 0 Å². The van der Waals surface area contributed by atoms with Gasteiger partial charge in [0, 0.05) is 17.1 Å². The SMILES string of the molecule is Cc1n[n-]c(C)c1Cc1ccc(C(=C(c2ccccc2)c2ccccc2)c2ccccc2)cc1.Cc1n[n-]c(C)c1Cc1ccc(C(=C(c2ccccc2)c2ccccc2)c2ccccc2)cc1.Cc1n[n-]c(C)c1Cc1ccc(C(=C(c2ccccc2)c2ccccc2)c2ccccc2)cc1.[Au+].[Au+].[Au+]. The van der Waals surface area contributed by atoms with E-state index < -0.39 is 0 Å². The second kappa shape index (κ2) is 37.9. The van der Waals surface area contributed by atoms with Crippen molar-refractivity contribution in [3.05, 3.63) is 480 Å². The molecule has 0 saturated heterocycles. The Morgan fingerprint density at radius 2 is 0.324 bits per heavy atom. The van der Waals surface area contributed by atoms with Crippen LogP contribution in [0.2, 0.25) is 0 Å². The predicted molar refractivity (Wildman–Crippen MR) is 422 cm³/mol. The zero-order valence-electron chi connectivity index (χ0n) is 59.6. The van der Waals surface area contributed by atoms with Crippen molar-refractivity contribution in [1.82, 2.24) is 30.6 Å². The van der Waals surface area contributed by atoms with E-state index in [1.807, 2.05) is 41.5 Å². The first-order chi connectivity index (χ1) is 50.1. The normalized spacial score (nSPS) is 10.5. The van der Waals surface area contributed by atoms with Crippen LogP contribution in [-0.2, 0) is 86.4 Å². The van der Waals surface area contributed by atoms with Crippen LogP contribution < -0.4 is 15.3 Å². The van der Waals surface area contributed by atoms with Gasteiger partial charge in [0.15, 0.2) is 0 Å². The molecule has 0 aliphatic carbocycles. The van der Waals surface area contributed by atoms with Crippen molar-refractivity contribution in [2.45, 2.75) is 60.8 Å². The van der Waals surface area contributed by atoms with Gasteiger partial charge in [-0.05, 0) is 174 Å². The summed E-state index contributed by atoms with van der Waals surface area (Å²) in [4.78, 5) is 0. The fourth-order valence-electron chi connectivity index (χ4n) is 13.5. The quantitative estimate of drug-likeness (QED) is 0.0629. The van der Waals surface area contributed by atoms with Gasteiger partial charge >= 0.3 is 67.1 Å². The molecule has 0 aliphatic heterocycles. The molecule has 105 heavy (non-hydrogen) atoms. The van der Waals surface area contributed by atoms with E-state index in [1.165, 1.54) is 134 Å². The minimum absolute atomic E-state index is 0. The molecule has 0 saturated carbocycles. The molecule has 12 aromatic carbocycles. The minimum atomic E-state index is 0. The Hall–Kier alpha value is -10.3. The van der Waals surface area contributed by atoms with E-state index >= 15 is 0 Å². The zero-order valence-corrected chi connectivity index (χ0v) is 66.1. The molecule has 6 nitrogen and oxygen atoms in total. The van der Waals surface area contributed by atoms with Gasteiger partial charge in [0.1, 0.15) is 0 Å². The van der Waals surface area contributed by atoms with Crippen LogP contribution in [-0.4, -0.2) is 15.3 Å². The van der Waals surface area contributed by atoms with E-state index in [0.29, 0.717) is 0 Å². The summed E-state index contributed by atoms with van der Waals surface area (Å²) in [5.41, 5.74) is 35.4. The van der Waals surface area contributed by atoms with Crippen LogP contribution in [0.1, 0.15) is 134 Å². The van der Waals surface area contributed by atoms with Crippen molar-refractivity contribution in [1.29, 1.82) is 0 Å². The molecule has 3 heterocycles. The molecule has 0 atom stereocenters. The van der Waals surface area contributed by atoms with E-state index in [-0.39, 0.29) is 67.1 Å². The Balaban J connectivity index is 0.000000166. The van der Waals surface area contributed by atoms with Gasteiger partial charge in [-0.3, -0.25) is 0 Å². The fourth-order valence-corrected chi connectivity index (χ4v) is 13.5. The first kappa shape index (κ1) is 77.3. The largest absolute Gasteiger partial charge is 1.00 e. The third-order valence-corrected chi connectivity index (χ3v) is 18.9. The number of aromatic nitrogens is 6. The van der Waals surface area contributed by atoms with Gasteiger partial charge in [0.25, 0.3) is 0 Å². The molecular weight excluding hydrogens is 1830 g/mol. The van der Waals surface area contributed by atoms with Crippen molar-refractivity contribution < 1.29 is 67.1 Å². The average Bonchev–Trinajstić information content (AvgIpc) is 1.42. The van der Waals surface area contributed by atoms with E-state index in [1.54, 1.807) is 0 Å². The van der Waals surface area contributed by atoms with Crippen molar-refractivity contribution in [3.8, 4) is 0 Å². The summed E-state index contributed by atoms with van der Waals surface area (Å²) >= 11 is 0. The summed E-state index contributed by atoms with van der Waals surface area (Å²) in [6.07, 6.45) is 2.54. The second-order valence-corrected chi connectivity index (χ2v) is 25.7. The van der Waals surface area contributed by atoms with E-state index in [4.69, 9.17) is 0 Å². The zero-order chi connectivity index (χ0) is 70.0. The molecule has 3 aromatic heterocycles. The van der Waals surface area contributed by atoms with Crippen LogP contribution in [0.25, 0.3) is 33.4 Å². The molecule has 0 unspecified atom stereocenters. The maximum Gasteiger partial charge on any atom is 1.00 e. The van der Waals surface area contributed by atoms with Crippen LogP contribution in [0.5, 0.6) is 0 Å². The summed E-state index contributed by atoms with van der Waals surface area (Å²) in [5.74, 6) is 0. The first-order valence-corrected chi connectivity index (χ1v) is 35.0. The van der Waals surface area contributed by atoms with Gasteiger partial charge in [-0.2, -0.15) is 0 Å². The number of nitrogens with zero attached hydrogens (tertiary/aromatic N) is 6. The van der Waals surface area contributed by atoms with E-state index in [2.05, 4.69) is 376 Å². The maximum absolute atomic E-state index is 4.23. The summed E-state index contributed by atoms with van der Waals surface area (Å²) in [5, 5.41) is 25.4. The number of aryl methyl sites for hydroxylation is 6. The molecule has 0 amide bonds. The molecule has 0 aliphatic rings. The Morgan fingerprint density at radius 1 is 0.190 bits per heavy atom. The topological polar surface area (TPSA) is 81.0 Å². The van der Waals surface area contributed by atoms with Crippen LogP contribution in [0, 0.1) is 41.5 Å². The molecule has 0 N–H and O–H groups in total. The van der Waals surface area contributed by atoms with Crippen LogP contribution in [0.3, 0.4) is 0 Å². The predicted octanol–water partition coefficient (Wildman–Crippen LogP) is 21.8. The minimum Gasteiger partial charge on any atom is -0.579 e. The fraction of sp³-hybridized carbons (Fsp3) is 0.0938. The monoisotopic (exact) mass is 1910 g/mol. The van der Waals surface area contributed by atoms with E-state index in [0.717, 1.165) is 53.4 Å². The van der Waals surface area contributed by atoms with Gasteiger partial charge in [0.05, 0.1) is 0 Å². The molecule has 0 spiro atoms.